The summed E-state index contributed by atoms with van der Waals surface area (Å²) in [6, 6.07) is 0. The summed E-state index contributed by atoms with van der Waals surface area (Å²) in [5.74, 6) is 0.657. The summed E-state index contributed by atoms with van der Waals surface area (Å²) in [6.07, 6.45) is 9.45. The van der Waals surface area contributed by atoms with Crippen molar-refractivity contribution in [3.63, 3.8) is 0 Å². The molecule has 0 radical (unpaired) electrons. The first-order valence-corrected chi connectivity index (χ1v) is 6.20. The molecular weight excluding hydrogens is 186 g/mol. The van der Waals surface area contributed by atoms with Gasteiger partial charge in [0.1, 0.15) is 0 Å². The van der Waals surface area contributed by atoms with Gasteiger partial charge < -0.3 is 0 Å². The van der Waals surface area contributed by atoms with Crippen LogP contribution in [0.4, 0.5) is 0 Å². The molecule has 1 saturated carbocycles. The van der Waals surface area contributed by atoms with Gasteiger partial charge in [-0.05, 0) is 44.9 Å². The van der Waals surface area contributed by atoms with E-state index >= 15 is 0 Å². The quantitative estimate of drug-likeness (QED) is 0.595. The van der Waals surface area contributed by atoms with Crippen LogP contribution in [0.2, 0.25) is 0 Å². The van der Waals surface area contributed by atoms with Crippen LogP contribution in [0, 0.1) is 5.92 Å². The van der Waals surface area contributed by atoms with Crippen LogP contribution in [0.1, 0.15) is 51.4 Å². The molecule has 3 rings (SSSR count). The lowest BCUT2D eigenvalue weighted by Gasteiger charge is -2.33. The zero-order chi connectivity index (χ0) is 10.3. The van der Waals surface area contributed by atoms with E-state index in [0.717, 1.165) is 24.8 Å². The van der Waals surface area contributed by atoms with Crippen LogP contribution in [-0.2, 0) is 4.79 Å². The van der Waals surface area contributed by atoms with Gasteiger partial charge in [-0.2, -0.15) is 0 Å². The van der Waals surface area contributed by atoms with Crippen molar-refractivity contribution < 1.29 is 4.79 Å². The van der Waals surface area contributed by atoms with Crippen molar-refractivity contribution in [2.24, 2.45) is 10.9 Å². The Labute approximate surface area is 90.5 Å². The lowest BCUT2D eigenvalue weighted by molar-refractivity contribution is -0.114. The molecule has 1 heterocycles. The molecule has 1 amide bonds. The average molecular weight is 203 g/mol. The molecule has 0 aromatic carbocycles. The fourth-order valence-electron chi connectivity index (χ4n) is 3.26. The molecule has 80 valence electrons. The number of carbonyl (C=O) groups is 1. The number of rotatable bonds is 0. The highest BCUT2D eigenvalue weighted by Crippen LogP contribution is 2.39. The van der Waals surface area contributed by atoms with Gasteiger partial charge in [-0.15, -0.1) is 0 Å². The Morgan fingerprint density at radius 1 is 1.00 bits per heavy atom. The second kappa shape index (κ2) is 3.58. The maximum atomic E-state index is 11.8. The van der Waals surface area contributed by atoms with Crippen LogP contribution in [0.3, 0.4) is 0 Å². The Morgan fingerprint density at radius 2 is 1.80 bits per heavy atom. The minimum atomic E-state index is 0.0952. The van der Waals surface area contributed by atoms with Gasteiger partial charge in [-0.25, -0.2) is 4.99 Å². The summed E-state index contributed by atoms with van der Waals surface area (Å²) >= 11 is 0. The highest BCUT2D eigenvalue weighted by Gasteiger charge is 2.33. The summed E-state index contributed by atoms with van der Waals surface area (Å²) in [6.45, 7) is 0. The van der Waals surface area contributed by atoms with Crippen LogP contribution in [-0.4, -0.2) is 11.6 Å². The molecule has 1 fully saturated rings. The molecule has 0 aromatic heterocycles. The fraction of sp³-hybridized carbons (Fsp3) is 0.692. The molecular formula is C13H17NO. The summed E-state index contributed by atoms with van der Waals surface area (Å²) in [4.78, 5) is 16.1. The maximum Gasteiger partial charge on any atom is 0.272 e. The van der Waals surface area contributed by atoms with E-state index in [4.69, 9.17) is 0 Å². The first kappa shape index (κ1) is 9.32. The topological polar surface area (TPSA) is 29.4 Å². The molecule has 2 heteroatoms. The van der Waals surface area contributed by atoms with Crippen molar-refractivity contribution in [2.45, 2.75) is 51.4 Å². The van der Waals surface area contributed by atoms with E-state index in [1.807, 2.05) is 0 Å². The van der Waals surface area contributed by atoms with Gasteiger partial charge in [-0.1, -0.05) is 12.0 Å². The van der Waals surface area contributed by atoms with E-state index in [1.54, 1.807) is 0 Å². The smallest absolute Gasteiger partial charge is 0.267 e. The summed E-state index contributed by atoms with van der Waals surface area (Å²) in [7, 11) is 0. The number of aliphatic imine (C=N–C) groups is 1. The van der Waals surface area contributed by atoms with E-state index in [9.17, 15) is 4.79 Å². The molecule has 2 nitrogen and oxygen atoms in total. The molecule has 15 heavy (non-hydrogen) atoms. The second-order valence-corrected chi connectivity index (χ2v) is 4.92. The fourth-order valence-corrected chi connectivity index (χ4v) is 3.26. The lowest BCUT2D eigenvalue weighted by Crippen LogP contribution is -2.30. The Bertz CT molecular complexity index is 365. The molecule has 1 atom stereocenters. The van der Waals surface area contributed by atoms with Crippen LogP contribution >= 0.6 is 0 Å². The second-order valence-electron chi connectivity index (χ2n) is 4.92. The van der Waals surface area contributed by atoms with Crippen LogP contribution in [0.5, 0.6) is 0 Å². The largest absolute Gasteiger partial charge is 0.272 e. The van der Waals surface area contributed by atoms with Crippen LogP contribution in [0.25, 0.3) is 0 Å². The SMILES string of the molecule is O=C1N=C2CCCCC2C2=C1CCCC2. The molecule has 0 saturated heterocycles. The Balaban J connectivity index is 1.99. The number of fused-ring (bicyclic) bond motifs is 2. The van der Waals surface area contributed by atoms with E-state index in [1.165, 1.54) is 43.4 Å². The third kappa shape index (κ3) is 1.47. The number of hydrogen-bond acceptors (Lipinski definition) is 1. The highest BCUT2D eigenvalue weighted by atomic mass is 16.1. The first-order valence-electron chi connectivity index (χ1n) is 6.20. The van der Waals surface area contributed by atoms with Gasteiger partial charge >= 0.3 is 0 Å². The van der Waals surface area contributed by atoms with Crippen LogP contribution in [0.15, 0.2) is 16.1 Å². The molecule has 3 aliphatic rings. The highest BCUT2D eigenvalue weighted by molar-refractivity contribution is 6.09. The summed E-state index contributed by atoms with van der Waals surface area (Å²) in [5, 5.41) is 0. The van der Waals surface area contributed by atoms with Crippen molar-refractivity contribution in [1.82, 2.24) is 0 Å². The average Bonchev–Trinajstić information content (AvgIpc) is 2.30. The van der Waals surface area contributed by atoms with Crippen molar-refractivity contribution >= 4 is 11.6 Å². The third-order valence-electron chi connectivity index (χ3n) is 4.01. The third-order valence-corrected chi connectivity index (χ3v) is 4.01. The Kier molecular flexibility index (Phi) is 2.23. The van der Waals surface area contributed by atoms with Crippen molar-refractivity contribution in [2.75, 3.05) is 0 Å². The maximum absolute atomic E-state index is 11.8. The van der Waals surface area contributed by atoms with E-state index in [0.29, 0.717) is 5.92 Å². The van der Waals surface area contributed by atoms with E-state index in [2.05, 4.69) is 4.99 Å². The molecule has 2 aliphatic carbocycles. The number of allylic oxidation sites excluding steroid dienone is 1. The predicted octanol–water partition coefficient (Wildman–Crippen LogP) is 3.03. The monoisotopic (exact) mass is 203 g/mol. The standard InChI is InChI=1S/C13H17NO/c15-13-11-7-2-1-5-9(11)10-6-3-4-8-12(10)14-13/h10H,1-8H2. The van der Waals surface area contributed by atoms with Crippen molar-refractivity contribution in [3.05, 3.63) is 11.1 Å². The summed E-state index contributed by atoms with van der Waals surface area (Å²) in [5.41, 5.74) is 3.75. The minimum Gasteiger partial charge on any atom is -0.267 e. The first-order chi connectivity index (χ1) is 7.36. The molecule has 0 spiro atoms. The number of carbonyl (C=O) groups excluding carboxylic acids is 1. The molecule has 1 unspecified atom stereocenters. The van der Waals surface area contributed by atoms with Gasteiger partial charge in [0.15, 0.2) is 0 Å². The van der Waals surface area contributed by atoms with E-state index in [-0.39, 0.29) is 5.91 Å². The van der Waals surface area contributed by atoms with Gasteiger partial charge in [0.05, 0.1) is 0 Å². The minimum absolute atomic E-state index is 0.0952. The van der Waals surface area contributed by atoms with Crippen molar-refractivity contribution in [1.29, 1.82) is 0 Å². The van der Waals surface area contributed by atoms with Crippen molar-refractivity contribution in [3.8, 4) is 0 Å². The lowest BCUT2D eigenvalue weighted by atomic mass is 9.74. The molecule has 0 bridgehead atoms. The number of dihydropyridines is 1. The summed E-state index contributed by atoms with van der Waals surface area (Å²) < 4.78 is 0. The Hall–Kier alpha value is -0.920. The van der Waals surface area contributed by atoms with Gasteiger partial charge in [0, 0.05) is 17.2 Å². The van der Waals surface area contributed by atoms with E-state index < -0.39 is 0 Å². The number of nitrogens with zero attached hydrogens (tertiary/aromatic N) is 1. The van der Waals surface area contributed by atoms with Crippen LogP contribution < -0.4 is 0 Å². The normalized spacial score (nSPS) is 30.8. The molecule has 1 aliphatic heterocycles. The molecule has 0 N–H and O–H groups in total. The predicted molar refractivity (Wildman–Crippen MR) is 59.9 cm³/mol. The Morgan fingerprint density at radius 3 is 2.73 bits per heavy atom. The zero-order valence-electron chi connectivity index (χ0n) is 9.09. The number of amides is 1. The zero-order valence-corrected chi connectivity index (χ0v) is 9.09. The van der Waals surface area contributed by atoms with Gasteiger partial charge in [0.25, 0.3) is 5.91 Å². The molecule has 0 aromatic rings. The van der Waals surface area contributed by atoms with Gasteiger partial charge in [0.2, 0.25) is 0 Å². The van der Waals surface area contributed by atoms with Gasteiger partial charge in [-0.3, -0.25) is 4.79 Å². The number of hydrogen-bond donors (Lipinski definition) is 0.